The Balaban J connectivity index is 1.25. The summed E-state index contributed by atoms with van der Waals surface area (Å²) in [6.45, 7) is 5.44. The van der Waals surface area contributed by atoms with E-state index in [0.717, 1.165) is 47.4 Å². The number of benzene rings is 1. The average molecular weight is 429 g/mol. The standard InChI is InChI=1S/C24H28N8/c1-18-15-19(2)32(30-18)23-10-7-21(16-27-23)17-28-24(25-3)26-13-11-20-5-8-22(9-6-20)31-14-4-12-29-31/h4-10,12,14-16H,11,13,17H2,1-3H3,(H2,25,26,28). The van der Waals surface area contributed by atoms with Gasteiger partial charge in [-0.2, -0.15) is 10.2 Å². The van der Waals surface area contributed by atoms with Crippen molar-refractivity contribution in [2.45, 2.75) is 26.8 Å². The molecule has 0 aliphatic heterocycles. The Kier molecular flexibility index (Phi) is 6.60. The molecular weight excluding hydrogens is 400 g/mol. The molecule has 3 heterocycles. The van der Waals surface area contributed by atoms with E-state index in [0.29, 0.717) is 6.54 Å². The highest BCUT2D eigenvalue weighted by Crippen LogP contribution is 2.11. The summed E-state index contributed by atoms with van der Waals surface area (Å²) in [5.74, 6) is 1.58. The molecule has 8 heteroatoms. The Morgan fingerprint density at radius 1 is 1.03 bits per heavy atom. The molecule has 2 N–H and O–H groups in total. The number of aryl methyl sites for hydroxylation is 2. The van der Waals surface area contributed by atoms with Gasteiger partial charge in [-0.05, 0) is 61.7 Å². The van der Waals surface area contributed by atoms with Crippen LogP contribution in [0.5, 0.6) is 0 Å². The van der Waals surface area contributed by atoms with Crippen molar-refractivity contribution in [2.75, 3.05) is 13.6 Å². The van der Waals surface area contributed by atoms with Crippen LogP contribution in [0.1, 0.15) is 22.5 Å². The average Bonchev–Trinajstić information content (AvgIpc) is 3.46. The van der Waals surface area contributed by atoms with Crippen molar-refractivity contribution >= 4 is 5.96 Å². The van der Waals surface area contributed by atoms with Crippen LogP contribution < -0.4 is 10.6 Å². The van der Waals surface area contributed by atoms with Gasteiger partial charge in [0, 0.05) is 44.4 Å². The lowest BCUT2D eigenvalue weighted by Gasteiger charge is -2.12. The quantitative estimate of drug-likeness (QED) is 0.349. The summed E-state index contributed by atoms with van der Waals surface area (Å²) in [5, 5.41) is 15.4. The SMILES string of the molecule is CN=C(NCCc1ccc(-n2cccn2)cc1)NCc1ccc(-n2nc(C)cc2C)nc1. The van der Waals surface area contributed by atoms with Gasteiger partial charge in [0.15, 0.2) is 11.8 Å². The number of aliphatic imine (C=N–C) groups is 1. The van der Waals surface area contributed by atoms with E-state index >= 15 is 0 Å². The lowest BCUT2D eigenvalue weighted by molar-refractivity contribution is 0.783. The molecule has 0 amide bonds. The van der Waals surface area contributed by atoms with Crippen molar-refractivity contribution in [3.05, 3.63) is 89.6 Å². The molecule has 0 atom stereocenters. The van der Waals surface area contributed by atoms with Crippen LogP contribution in [0.4, 0.5) is 0 Å². The Morgan fingerprint density at radius 2 is 1.84 bits per heavy atom. The minimum Gasteiger partial charge on any atom is -0.356 e. The highest BCUT2D eigenvalue weighted by atomic mass is 15.3. The largest absolute Gasteiger partial charge is 0.356 e. The smallest absolute Gasteiger partial charge is 0.191 e. The van der Waals surface area contributed by atoms with Crippen LogP contribution in [0.2, 0.25) is 0 Å². The first-order chi connectivity index (χ1) is 15.6. The van der Waals surface area contributed by atoms with Crippen LogP contribution in [0, 0.1) is 13.8 Å². The van der Waals surface area contributed by atoms with Crippen LogP contribution >= 0.6 is 0 Å². The van der Waals surface area contributed by atoms with Gasteiger partial charge in [0.1, 0.15) is 0 Å². The summed E-state index contributed by atoms with van der Waals surface area (Å²) in [7, 11) is 1.78. The molecule has 164 valence electrons. The number of nitrogens with zero attached hydrogens (tertiary/aromatic N) is 6. The molecule has 0 saturated carbocycles. The summed E-state index contributed by atoms with van der Waals surface area (Å²) in [5.41, 5.74) is 5.45. The second-order valence-electron chi connectivity index (χ2n) is 7.58. The fourth-order valence-electron chi connectivity index (χ4n) is 3.48. The van der Waals surface area contributed by atoms with Gasteiger partial charge in [0.2, 0.25) is 0 Å². The van der Waals surface area contributed by atoms with Gasteiger partial charge in [-0.1, -0.05) is 18.2 Å². The summed E-state index contributed by atoms with van der Waals surface area (Å²) >= 11 is 0. The predicted molar refractivity (Wildman–Crippen MR) is 126 cm³/mol. The van der Waals surface area contributed by atoms with Gasteiger partial charge in [-0.25, -0.2) is 14.3 Å². The van der Waals surface area contributed by atoms with E-state index in [9.17, 15) is 0 Å². The Morgan fingerprint density at radius 3 is 2.47 bits per heavy atom. The summed E-state index contributed by atoms with van der Waals surface area (Å²) < 4.78 is 3.71. The molecule has 0 unspecified atom stereocenters. The van der Waals surface area contributed by atoms with Crippen molar-refractivity contribution in [3.8, 4) is 11.5 Å². The molecule has 4 rings (SSSR count). The fraction of sp³-hybridized carbons (Fsp3) is 0.250. The molecule has 0 bridgehead atoms. The van der Waals surface area contributed by atoms with Crippen LogP contribution in [0.3, 0.4) is 0 Å². The van der Waals surface area contributed by atoms with Crippen molar-refractivity contribution in [1.29, 1.82) is 0 Å². The predicted octanol–water partition coefficient (Wildman–Crippen LogP) is 2.98. The van der Waals surface area contributed by atoms with Crippen LogP contribution in [0.25, 0.3) is 11.5 Å². The molecule has 3 aromatic heterocycles. The second kappa shape index (κ2) is 9.91. The van der Waals surface area contributed by atoms with E-state index in [1.54, 1.807) is 13.2 Å². The molecular formula is C24H28N8. The molecule has 0 fully saturated rings. The number of rotatable bonds is 7. The van der Waals surface area contributed by atoms with Gasteiger partial charge in [-0.3, -0.25) is 4.99 Å². The van der Waals surface area contributed by atoms with E-state index in [1.807, 2.05) is 53.8 Å². The monoisotopic (exact) mass is 428 g/mol. The van der Waals surface area contributed by atoms with Gasteiger partial charge in [0.25, 0.3) is 0 Å². The maximum absolute atomic E-state index is 4.55. The fourth-order valence-corrected chi connectivity index (χ4v) is 3.48. The van der Waals surface area contributed by atoms with Crippen LogP contribution in [-0.4, -0.2) is 44.1 Å². The van der Waals surface area contributed by atoms with E-state index in [2.05, 4.69) is 61.1 Å². The van der Waals surface area contributed by atoms with E-state index in [4.69, 9.17) is 0 Å². The van der Waals surface area contributed by atoms with Gasteiger partial charge in [0.05, 0.1) is 11.4 Å². The number of pyridine rings is 1. The molecule has 32 heavy (non-hydrogen) atoms. The third-order valence-corrected chi connectivity index (χ3v) is 5.13. The summed E-state index contributed by atoms with van der Waals surface area (Å²) in [6, 6.07) is 16.4. The molecule has 8 nitrogen and oxygen atoms in total. The first-order valence-corrected chi connectivity index (χ1v) is 10.6. The van der Waals surface area contributed by atoms with Gasteiger partial charge in [-0.15, -0.1) is 0 Å². The maximum Gasteiger partial charge on any atom is 0.191 e. The lowest BCUT2D eigenvalue weighted by atomic mass is 10.1. The number of aromatic nitrogens is 5. The number of hydrogen-bond donors (Lipinski definition) is 2. The summed E-state index contributed by atoms with van der Waals surface area (Å²) in [4.78, 5) is 8.86. The van der Waals surface area contributed by atoms with E-state index in [-0.39, 0.29) is 0 Å². The minimum atomic E-state index is 0.642. The second-order valence-corrected chi connectivity index (χ2v) is 7.58. The molecule has 0 saturated heterocycles. The molecule has 0 spiro atoms. The summed E-state index contributed by atoms with van der Waals surface area (Å²) in [6.07, 6.45) is 6.49. The van der Waals surface area contributed by atoms with Crippen molar-refractivity contribution in [3.63, 3.8) is 0 Å². The van der Waals surface area contributed by atoms with Crippen molar-refractivity contribution in [2.24, 2.45) is 4.99 Å². The zero-order valence-electron chi connectivity index (χ0n) is 18.7. The topological polar surface area (TPSA) is 85.0 Å². The van der Waals surface area contributed by atoms with Gasteiger partial charge >= 0.3 is 0 Å². The molecule has 0 aliphatic carbocycles. The third-order valence-electron chi connectivity index (χ3n) is 5.13. The van der Waals surface area contributed by atoms with E-state index in [1.165, 1.54) is 5.56 Å². The van der Waals surface area contributed by atoms with Crippen molar-refractivity contribution in [1.82, 2.24) is 35.2 Å². The maximum atomic E-state index is 4.55. The first-order valence-electron chi connectivity index (χ1n) is 10.6. The van der Waals surface area contributed by atoms with Crippen LogP contribution in [0.15, 0.2) is 72.1 Å². The third kappa shape index (κ3) is 5.21. The Bertz CT molecular complexity index is 1160. The highest BCUT2D eigenvalue weighted by Gasteiger charge is 2.05. The van der Waals surface area contributed by atoms with Crippen LogP contribution in [-0.2, 0) is 13.0 Å². The molecule has 1 aromatic carbocycles. The van der Waals surface area contributed by atoms with Gasteiger partial charge < -0.3 is 10.6 Å². The number of guanidine groups is 1. The van der Waals surface area contributed by atoms with Crippen molar-refractivity contribution < 1.29 is 0 Å². The molecule has 0 aliphatic rings. The zero-order valence-corrected chi connectivity index (χ0v) is 18.7. The number of hydrogen-bond acceptors (Lipinski definition) is 4. The highest BCUT2D eigenvalue weighted by molar-refractivity contribution is 5.79. The van der Waals surface area contributed by atoms with E-state index < -0.39 is 0 Å². The Hall–Kier alpha value is -3.94. The minimum absolute atomic E-state index is 0.642. The first kappa shape index (κ1) is 21.3. The number of nitrogens with one attached hydrogen (secondary N) is 2. The molecule has 4 aromatic rings. The normalized spacial score (nSPS) is 11.5. The molecule has 0 radical (unpaired) electrons. The lowest BCUT2D eigenvalue weighted by Crippen LogP contribution is -2.37. The Labute approximate surface area is 188 Å². The zero-order chi connectivity index (χ0) is 22.3.